The Bertz CT molecular complexity index is 598. The topological polar surface area (TPSA) is 98.3 Å². The van der Waals surface area contributed by atoms with Gasteiger partial charge in [-0.15, -0.1) is 0 Å². The first-order valence-corrected chi connectivity index (χ1v) is 5.42. The van der Waals surface area contributed by atoms with Crippen LogP contribution in [-0.2, 0) is 11.2 Å². The van der Waals surface area contributed by atoms with Crippen molar-refractivity contribution in [3.63, 3.8) is 0 Å². The van der Waals surface area contributed by atoms with E-state index in [0.29, 0.717) is 22.9 Å². The van der Waals surface area contributed by atoms with Gasteiger partial charge in [0.1, 0.15) is 17.4 Å². The van der Waals surface area contributed by atoms with Crippen LogP contribution in [-0.4, -0.2) is 28.2 Å². The first-order chi connectivity index (χ1) is 8.60. The number of nitrogens with two attached hydrogens (primary N) is 1. The summed E-state index contributed by atoms with van der Waals surface area (Å²) in [4.78, 5) is 18.9. The minimum Gasteiger partial charge on any atom is -0.497 e. The van der Waals surface area contributed by atoms with E-state index < -0.39 is 5.97 Å². The molecule has 6 nitrogen and oxygen atoms in total. The largest absolute Gasteiger partial charge is 0.497 e. The van der Waals surface area contributed by atoms with E-state index in [2.05, 4.69) is 9.97 Å². The lowest BCUT2D eigenvalue weighted by atomic mass is 10.2. The van der Waals surface area contributed by atoms with E-state index in [-0.39, 0.29) is 12.8 Å². The van der Waals surface area contributed by atoms with Gasteiger partial charge in [0.2, 0.25) is 0 Å². The van der Waals surface area contributed by atoms with Crippen LogP contribution < -0.4 is 10.5 Å². The number of benzene rings is 1. The minimum atomic E-state index is -0.886. The highest BCUT2D eigenvalue weighted by Crippen LogP contribution is 2.23. The highest BCUT2D eigenvalue weighted by atomic mass is 16.5. The quantitative estimate of drug-likeness (QED) is 0.843. The Kier molecular flexibility index (Phi) is 3.27. The average molecular weight is 247 g/mol. The van der Waals surface area contributed by atoms with Crippen LogP contribution in [0.2, 0.25) is 0 Å². The summed E-state index contributed by atoms with van der Waals surface area (Å²) in [6.45, 7) is 0. The van der Waals surface area contributed by atoms with Crippen molar-refractivity contribution in [3.8, 4) is 5.75 Å². The summed E-state index contributed by atoms with van der Waals surface area (Å²) < 4.78 is 5.10. The molecule has 0 aliphatic heterocycles. The van der Waals surface area contributed by atoms with Gasteiger partial charge < -0.3 is 15.6 Å². The predicted octanol–water partition coefficient (Wildman–Crippen LogP) is 1.24. The van der Waals surface area contributed by atoms with Gasteiger partial charge in [0, 0.05) is 17.9 Å². The number of carboxylic acid groups (broad SMARTS) is 1. The number of fused-ring (bicyclic) bond motifs is 1. The van der Waals surface area contributed by atoms with Gasteiger partial charge in [-0.25, -0.2) is 9.97 Å². The molecule has 2 aromatic rings. The maximum atomic E-state index is 10.5. The van der Waals surface area contributed by atoms with E-state index in [1.807, 2.05) is 0 Å². The van der Waals surface area contributed by atoms with Gasteiger partial charge in [-0.1, -0.05) is 0 Å². The number of aliphatic carboxylic acids is 1. The van der Waals surface area contributed by atoms with Gasteiger partial charge in [0.05, 0.1) is 19.0 Å². The zero-order valence-electron chi connectivity index (χ0n) is 9.88. The predicted molar refractivity (Wildman–Crippen MR) is 66.5 cm³/mol. The third-order valence-corrected chi connectivity index (χ3v) is 2.54. The average Bonchev–Trinajstić information content (AvgIpc) is 2.35. The van der Waals surface area contributed by atoms with Crippen LogP contribution in [0.5, 0.6) is 5.75 Å². The normalized spacial score (nSPS) is 10.5. The van der Waals surface area contributed by atoms with E-state index in [1.165, 1.54) is 0 Å². The zero-order chi connectivity index (χ0) is 13.1. The molecule has 0 bridgehead atoms. The van der Waals surface area contributed by atoms with E-state index in [4.69, 9.17) is 15.6 Å². The Morgan fingerprint density at radius 3 is 2.89 bits per heavy atom. The van der Waals surface area contributed by atoms with Crippen LogP contribution in [0.15, 0.2) is 18.2 Å². The van der Waals surface area contributed by atoms with Crippen molar-refractivity contribution < 1.29 is 14.6 Å². The fraction of sp³-hybridized carbons (Fsp3) is 0.250. The fourth-order valence-corrected chi connectivity index (χ4v) is 1.64. The van der Waals surface area contributed by atoms with Crippen molar-refractivity contribution in [3.05, 3.63) is 24.0 Å². The Hall–Kier alpha value is -2.37. The standard InChI is InChI=1S/C12H13N3O3/c1-18-7-2-3-8-9(6-7)14-10(15-12(8)13)4-5-11(16)17/h2-3,6H,4-5H2,1H3,(H,16,17)(H2,13,14,15). The summed E-state index contributed by atoms with van der Waals surface area (Å²) in [6.07, 6.45) is 0.238. The molecular formula is C12H13N3O3. The Morgan fingerprint density at radius 2 is 2.22 bits per heavy atom. The number of nitrogen functional groups attached to an aromatic ring is 1. The third kappa shape index (κ3) is 2.48. The van der Waals surface area contributed by atoms with E-state index in [0.717, 1.165) is 5.39 Å². The molecule has 0 unspecified atom stereocenters. The number of hydrogen-bond acceptors (Lipinski definition) is 5. The first-order valence-electron chi connectivity index (χ1n) is 5.42. The second-order valence-electron chi connectivity index (χ2n) is 3.80. The highest BCUT2D eigenvalue weighted by Gasteiger charge is 2.08. The first kappa shape index (κ1) is 12.1. The SMILES string of the molecule is COc1ccc2c(N)nc(CCC(=O)O)nc2c1. The highest BCUT2D eigenvalue weighted by molar-refractivity contribution is 5.88. The van der Waals surface area contributed by atoms with Gasteiger partial charge >= 0.3 is 5.97 Å². The van der Waals surface area contributed by atoms with Crippen LogP contribution in [0.4, 0.5) is 5.82 Å². The van der Waals surface area contributed by atoms with Crippen molar-refractivity contribution in [2.24, 2.45) is 0 Å². The van der Waals surface area contributed by atoms with Gasteiger partial charge in [-0.3, -0.25) is 4.79 Å². The summed E-state index contributed by atoms with van der Waals surface area (Å²) in [5, 5.41) is 9.36. The molecule has 1 aromatic heterocycles. The van der Waals surface area contributed by atoms with Crippen LogP contribution in [0.1, 0.15) is 12.2 Å². The second kappa shape index (κ2) is 4.87. The van der Waals surface area contributed by atoms with Crippen molar-refractivity contribution in [1.29, 1.82) is 0 Å². The number of carbonyl (C=O) groups is 1. The van der Waals surface area contributed by atoms with Crippen molar-refractivity contribution >= 4 is 22.7 Å². The van der Waals surface area contributed by atoms with E-state index in [1.54, 1.807) is 25.3 Å². The lowest BCUT2D eigenvalue weighted by Gasteiger charge is -2.06. The number of anilines is 1. The molecule has 0 radical (unpaired) electrons. The van der Waals surface area contributed by atoms with E-state index in [9.17, 15) is 4.79 Å². The Balaban J connectivity index is 2.42. The lowest BCUT2D eigenvalue weighted by Crippen LogP contribution is -2.04. The molecule has 0 saturated heterocycles. The molecule has 1 heterocycles. The molecular weight excluding hydrogens is 234 g/mol. The lowest BCUT2D eigenvalue weighted by molar-refractivity contribution is -0.137. The van der Waals surface area contributed by atoms with Gasteiger partial charge in [-0.2, -0.15) is 0 Å². The molecule has 2 rings (SSSR count). The Morgan fingerprint density at radius 1 is 1.44 bits per heavy atom. The molecule has 0 aliphatic carbocycles. The van der Waals surface area contributed by atoms with Crippen LogP contribution in [0.25, 0.3) is 10.9 Å². The Labute approximate surface area is 103 Å². The van der Waals surface area contributed by atoms with Crippen molar-refractivity contribution in [1.82, 2.24) is 9.97 Å². The monoisotopic (exact) mass is 247 g/mol. The van der Waals surface area contributed by atoms with Gasteiger partial charge in [0.15, 0.2) is 0 Å². The van der Waals surface area contributed by atoms with Crippen LogP contribution >= 0.6 is 0 Å². The molecule has 0 atom stereocenters. The number of methoxy groups -OCH3 is 1. The maximum absolute atomic E-state index is 10.5. The smallest absolute Gasteiger partial charge is 0.303 e. The molecule has 1 aromatic carbocycles. The summed E-state index contributed by atoms with van der Waals surface area (Å²) in [5.74, 6) is 0.561. The number of hydrogen-bond donors (Lipinski definition) is 2. The molecule has 0 fully saturated rings. The van der Waals surface area contributed by atoms with Crippen molar-refractivity contribution in [2.45, 2.75) is 12.8 Å². The molecule has 6 heteroatoms. The maximum Gasteiger partial charge on any atom is 0.303 e. The van der Waals surface area contributed by atoms with Gasteiger partial charge in [-0.05, 0) is 12.1 Å². The summed E-state index contributed by atoms with van der Waals surface area (Å²) in [5.41, 5.74) is 6.47. The zero-order valence-corrected chi connectivity index (χ0v) is 9.88. The molecule has 0 spiro atoms. The third-order valence-electron chi connectivity index (χ3n) is 2.54. The molecule has 0 amide bonds. The number of carboxylic acids is 1. The number of ether oxygens (including phenoxy) is 1. The summed E-state index contributed by atoms with van der Waals surface area (Å²) >= 11 is 0. The molecule has 0 aliphatic rings. The van der Waals surface area contributed by atoms with Crippen LogP contribution in [0.3, 0.4) is 0 Å². The molecule has 3 N–H and O–H groups in total. The van der Waals surface area contributed by atoms with Crippen molar-refractivity contribution in [2.75, 3.05) is 12.8 Å². The fourth-order valence-electron chi connectivity index (χ4n) is 1.64. The van der Waals surface area contributed by atoms with E-state index >= 15 is 0 Å². The summed E-state index contributed by atoms with van der Waals surface area (Å²) in [7, 11) is 1.57. The molecule has 0 saturated carbocycles. The molecule has 94 valence electrons. The number of aromatic nitrogens is 2. The summed E-state index contributed by atoms with van der Waals surface area (Å²) in [6, 6.07) is 5.31. The number of rotatable bonds is 4. The number of aryl methyl sites for hydroxylation is 1. The molecule has 18 heavy (non-hydrogen) atoms. The van der Waals surface area contributed by atoms with Gasteiger partial charge in [0.25, 0.3) is 0 Å². The minimum absolute atomic E-state index is 0.0189. The second-order valence-corrected chi connectivity index (χ2v) is 3.80. The van der Waals surface area contributed by atoms with Crippen LogP contribution in [0, 0.1) is 0 Å². The number of nitrogens with zero attached hydrogens (tertiary/aromatic N) is 2.